The van der Waals surface area contributed by atoms with Crippen LogP contribution in [0.25, 0.3) is 0 Å². The monoisotopic (exact) mass is 153 g/mol. The number of hydrogen-bond donors (Lipinski definition) is 1. The van der Waals surface area contributed by atoms with Gasteiger partial charge in [0.1, 0.15) is 0 Å². The second-order valence-electron chi connectivity index (χ2n) is 3.09. The van der Waals surface area contributed by atoms with Crippen molar-refractivity contribution >= 4 is 5.91 Å². The zero-order valence-corrected chi connectivity index (χ0v) is 6.52. The van der Waals surface area contributed by atoms with Crippen LogP contribution in [0, 0.1) is 0 Å². The van der Waals surface area contributed by atoms with E-state index in [4.69, 9.17) is 4.74 Å². The molecule has 0 bridgehead atoms. The van der Waals surface area contributed by atoms with Gasteiger partial charge in [0, 0.05) is 12.1 Å². The van der Waals surface area contributed by atoms with E-state index in [-0.39, 0.29) is 12.0 Å². The van der Waals surface area contributed by atoms with Crippen LogP contribution in [0.1, 0.15) is 13.3 Å². The average Bonchev–Trinajstić information content (AvgIpc) is 2.32. The minimum atomic E-state index is 0.0619. The molecule has 11 heavy (non-hydrogen) atoms. The largest absolute Gasteiger partial charge is 0.373 e. The molecule has 2 aliphatic rings. The molecule has 0 radical (unpaired) electrons. The van der Waals surface area contributed by atoms with Crippen molar-refractivity contribution in [2.24, 2.45) is 0 Å². The highest BCUT2D eigenvalue weighted by Crippen LogP contribution is 2.23. The number of carbonyl (C=O) groups excluding carboxylic acids is 1. The van der Waals surface area contributed by atoms with E-state index < -0.39 is 0 Å². The molecule has 2 rings (SSSR count). The first-order valence-electron chi connectivity index (χ1n) is 3.88. The first-order chi connectivity index (χ1) is 5.27. The third kappa shape index (κ3) is 1.05. The van der Waals surface area contributed by atoms with E-state index in [1.54, 1.807) is 0 Å². The molecule has 2 heterocycles. The first-order valence-corrected chi connectivity index (χ1v) is 3.88. The Morgan fingerprint density at radius 2 is 2.45 bits per heavy atom. The molecule has 0 spiro atoms. The van der Waals surface area contributed by atoms with Gasteiger partial charge in [-0.3, -0.25) is 4.79 Å². The summed E-state index contributed by atoms with van der Waals surface area (Å²) >= 11 is 0. The molecule has 1 atom stereocenters. The normalized spacial score (nSPS) is 30.3. The molecule has 0 saturated carbocycles. The Morgan fingerprint density at radius 3 is 3.27 bits per heavy atom. The van der Waals surface area contributed by atoms with E-state index in [0.717, 1.165) is 18.5 Å². The predicted molar refractivity (Wildman–Crippen MR) is 40.1 cm³/mol. The van der Waals surface area contributed by atoms with Crippen molar-refractivity contribution in [3.05, 3.63) is 11.1 Å². The molecule has 1 amide bonds. The summed E-state index contributed by atoms with van der Waals surface area (Å²) < 4.78 is 5.34. The van der Waals surface area contributed by atoms with Gasteiger partial charge in [-0.05, 0) is 18.9 Å². The minimum absolute atomic E-state index is 0.0619. The Morgan fingerprint density at radius 1 is 1.64 bits per heavy atom. The Bertz CT molecular complexity index is 232. The molecular weight excluding hydrogens is 142 g/mol. The Balaban J connectivity index is 2.24. The highest BCUT2D eigenvalue weighted by Gasteiger charge is 2.27. The van der Waals surface area contributed by atoms with E-state index >= 15 is 0 Å². The van der Waals surface area contributed by atoms with Gasteiger partial charge in [-0.1, -0.05) is 0 Å². The highest BCUT2D eigenvalue weighted by atomic mass is 16.5. The molecule has 0 aromatic carbocycles. The zero-order valence-electron chi connectivity index (χ0n) is 6.52. The maximum atomic E-state index is 11.1. The third-order valence-electron chi connectivity index (χ3n) is 2.21. The van der Waals surface area contributed by atoms with E-state index in [9.17, 15) is 4.79 Å². The van der Waals surface area contributed by atoms with Crippen LogP contribution in [0.5, 0.6) is 0 Å². The lowest BCUT2D eigenvalue weighted by Gasteiger charge is -2.19. The quantitative estimate of drug-likeness (QED) is 0.540. The van der Waals surface area contributed by atoms with Crippen LogP contribution < -0.4 is 5.32 Å². The SMILES string of the molecule is CC1CC2=C(CO1)C(=O)NC2. The second kappa shape index (κ2) is 2.34. The fraction of sp³-hybridized carbons (Fsp3) is 0.625. The van der Waals surface area contributed by atoms with Crippen molar-refractivity contribution in [1.29, 1.82) is 0 Å². The molecule has 3 nitrogen and oxygen atoms in total. The number of hydrogen-bond acceptors (Lipinski definition) is 2. The lowest BCUT2D eigenvalue weighted by Crippen LogP contribution is -2.21. The van der Waals surface area contributed by atoms with Gasteiger partial charge in [0.15, 0.2) is 0 Å². The van der Waals surface area contributed by atoms with Crippen molar-refractivity contribution in [3.63, 3.8) is 0 Å². The van der Waals surface area contributed by atoms with E-state index in [0.29, 0.717) is 6.61 Å². The lowest BCUT2D eigenvalue weighted by molar-refractivity contribution is -0.117. The van der Waals surface area contributed by atoms with Crippen LogP contribution in [0.2, 0.25) is 0 Å². The second-order valence-corrected chi connectivity index (χ2v) is 3.09. The average molecular weight is 153 g/mol. The predicted octanol–water partition coefficient (Wildman–Crippen LogP) is 0.222. The van der Waals surface area contributed by atoms with Crippen molar-refractivity contribution in [2.75, 3.05) is 13.2 Å². The third-order valence-corrected chi connectivity index (χ3v) is 2.21. The molecule has 1 N–H and O–H groups in total. The summed E-state index contributed by atoms with van der Waals surface area (Å²) in [6.07, 6.45) is 1.19. The van der Waals surface area contributed by atoms with Gasteiger partial charge in [-0.2, -0.15) is 0 Å². The van der Waals surface area contributed by atoms with Crippen LogP contribution in [0.3, 0.4) is 0 Å². The fourth-order valence-corrected chi connectivity index (χ4v) is 1.56. The molecule has 0 aromatic rings. The van der Waals surface area contributed by atoms with Crippen LogP contribution >= 0.6 is 0 Å². The molecular formula is C8H11NO2. The van der Waals surface area contributed by atoms with E-state index in [2.05, 4.69) is 5.32 Å². The van der Waals surface area contributed by atoms with Gasteiger partial charge < -0.3 is 10.1 Å². The van der Waals surface area contributed by atoms with Crippen LogP contribution in [-0.2, 0) is 9.53 Å². The molecule has 2 aliphatic heterocycles. The van der Waals surface area contributed by atoms with Crippen LogP contribution in [0.4, 0.5) is 0 Å². The van der Waals surface area contributed by atoms with Gasteiger partial charge in [-0.25, -0.2) is 0 Å². The van der Waals surface area contributed by atoms with Gasteiger partial charge in [0.25, 0.3) is 0 Å². The molecule has 0 aliphatic carbocycles. The van der Waals surface area contributed by atoms with E-state index in [1.807, 2.05) is 6.92 Å². The topological polar surface area (TPSA) is 38.3 Å². The molecule has 0 aromatic heterocycles. The zero-order chi connectivity index (χ0) is 7.84. The number of nitrogens with one attached hydrogen (secondary N) is 1. The van der Waals surface area contributed by atoms with Gasteiger partial charge in [0.2, 0.25) is 5.91 Å². The Hall–Kier alpha value is -0.830. The van der Waals surface area contributed by atoms with Crippen molar-refractivity contribution in [2.45, 2.75) is 19.4 Å². The summed E-state index contributed by atoms with van der Waals surface area (Å²) in [5.41, 5.74) is 2.11. The minimum Gasteiger partial charge on any atom is -0.373 e. The van der Waals surface area contributed by atoms with E-state index in [1.165, 1.54) is 5.57 Å². The molecule has 0 saturated heterocycles. The number of rotatable bonds is 0. The Labute approximate surface area is 65.4 Å². The van der Waals surface area contributed by atoms with Crippen molar-refractivity contribution < 1.29 is 9.53 Å². The van der Waals surface area contributed by atoms with Crippen molar-refractivity contribution in [1.82, 2.24) is 5.32 Å². The summed E-state index contributed by atoms with van der Waals surface area (Å²) in [5, 5.41) is 2.79. The van der Waals surface area contributed by atoms with Gasteiger partial charge in [0.05, 0.1) is 12.7 Å². The summed E-state index contributed by atoms with van der Waals surface area (Å²) in [7, 11) is 0. The van der Waals surface area contributed by atoms with Crippen molar-refractivity contribution in [3.8, 4) is 0 Å². The number of carbonyl (C=O) groups is 1. The lowest BCUT2D eigenvalue weighted by atomic mass is 10.0. The van der Waals surface area contributed by atoms with Gasteiger partial charge in [-0.15, -0.1) is 0 Å². The summed E-state index contributed by atoms with van der Waals surface area (Å²) in [6, 6.07) is 0. The standard InChI is InChI=1S/C8H11NO2/c1-5-2-6-3-9-8(10)7(6)4-11-5/h5H,2-4H2,1H3,(H,9,10). The Kier molecular flexibility index (Phi) is 1.46. The van der Waals surface area contributed by atoms with Crippen LogP contribution in [-0.4, -0.2) is 25.2 Å². The molecule has 60 valence electrons. The van der Waals surface area contributed by atoms with Gasteiger partial charge >= 0.3 is 0 Å². The number of ether oxygens (including phenoxy) is 1. The maximum absolute atomic E-state index is 11.1. The molecule has 3 heteroatoms. The maximum Gasteiger partial charge on any atom is 0.249 e. The summed E-state index contributed by atoms with van der Waals surface area (Å²) in [5.74, 6) is 0.0619. The highest BCUT2D eigenvalue weighted by molar-refractivity contribution is 5.97. The molecule has 0 fully saturated rings. The summed E-state index contributed by atoms with van der Waals surface area (Å²) in [6.45, 7) is 3.27. The molecule has 1 unspecified atom stereocenters. The van der Waals surface area contributed by atoms with Crippen LogP contribution in [0.15, 0.2) is 11.1 Å². The number of amides is 1. The smallest absolute Gasteiger partial charge is 0.249 e. The summed E-state index contributed by atoms with van der Waals surface area (Å²) in [4.78, 5) is 11.1. The fourth-order valence-electron chi connectivity index (χ4n) is 1.56. The first kappa shape index (κ1) is 6.85.